The van der Waals surface area contributed by atoms with Gasteiger partial charge in [-0.15, -0.1) is 11.3 Å². The minimum absolute atomic E-state index is 0.0235. The van der Waals surface area contributed by atoms with Crippen molar-refractivity contribution in [2.24, 2.45) is 11.8 Å². The van der Waals surface area contributed by atoms with E-state index < -0.39 is 11.7 Å². The molecule has 4 heterocycles. The minimum atomic E-state index is -0.628. The number of carbonyl (C=O) groups is 1. The molecule has 9 nitrogen and oxygen atoms in total. The predicted octanol–water partition coefficient (Wildman–Crippen LogP) is 5.32. The topological polar surface area (TPSA) is 111 Å². The molecule has 0 saturated carbocycles. The lowest BCUT2D eigenvalue weighted by Gasteiger charge is -2.27. The highest BCUT2D eigenvalue weighted by atomic mass is 32.1. The average Bonchev–Trinajstić information content (AvgIpc) is 3.67. The van der Waals surface area contributed by atoms with Crippen LogP contribution in [0.1, 0.15) is 42.6 Å². The Kier molecular flexibility index (Phi) is 7.60. The fraction of sp³-hybridized carbons (Fsp3) is 0.286. The van der Waals surface area contributed by atoms with Crippen LogP contribution in [-0.2, 0) is 0 Å². The van der Waals surface area contributed by atoms with E-state index in [1.165, 1.54) is 24.7 Å². The largest absolute Gasteiger partial charge is 0.370 e. The maximum atomic E-state index is 14.5. The van der Waals surface area contributed by atoms with Crippen molar-refractivity contribution in [1.29, 1.82) is 0 Å². The van der Waals surface area contributed by atoms with E-state index in [4.69, 9.17) is 0 Å². The van der Waals surface area contributed by atoms with E-state index in [1.54, 1.807) is 16.9 Å². The Bertz CT molecular complexity index is 1600. The van der Waals surface area contributed by atoms with Crippen LogP contribution in [0.15, 0.2) is 60.6 Å². The van der Waals surface area contributed by atoms with Crippen molar-refractivity contribution in [1.82, 2.24) is 35.0 Å². The molecule has 2 N–H and O–H groups in total. The predicted molar refractivity (Wildman–Crippen MR) is 151 cm³/mol. The number of para-hydroxylation sites is 1. The number of anilines is 1. The summed E-state index contributed by atoms with van der Waals surface area (Å²) in [6, 6.07) is 9.36. The van der Waals surface area contributed by atoms with Crippen LogP contribution < -0.4 is 10.6 Å². The van der Waals surface area contributed by atoms with Crippen LogP contribution in [0, 0.1) is 17.7 Å². The summed E-state index contributed by atoms with van der Waals surface area (Å²) in [6.45, 7) is 7.20. The number of nitrogens with one attached hydrogen (secondary N) is 2. The Balaban J connectivity index is 1.29. The zero-order chi connectivity index (χ0) is 27.5. The molecular formula is C28H29FN8OS. The van der Waals surface area contributed by atoms with Gasteiger partial charge < -0.3 is 10.6 Å². The molecule has 39 heavy (non-hydrogen) atoms. The summed E-state index contributed by atoms with van der Waals surface area (Å²) < 4.78 is 16.2. The SMILES string of the molecule is CNC(=O)c1c(F)cnc2c(C(C)[C@H](C)C(C)CNc3cc(-c4csc(-n5cccn5)n4)ncn3)cccc12. The fourth-order valence-corrected chi connectivity index (χ4v) is 5.39. The highest BCUT2D eigenvalue weighted by molar-refractivity contribution is 7.12. The zero-order valence-corrected chi connectivity index (χ0v) is 22.9. The fourth-order valence-electron chi connectivity index (χ4n) is 4.64. The molecule has 0 saturated heterocycles. The van der Waals surface area contributed by atoms with Crippen molar-refractivity contribution in [2.45, 2.75) is 26.7 Å². The third kappa shape index (κ3) is 5.35. The number of nitrogens with zero attached hydrogens (tertiary/aromatic N) is 6. The van der Waals surface area contributed by atoms with Gasteiger partial charge in [0.2, 0.25) is 5.13 Å². The monoisotopic (exact) mass is 544 g/mol. The van der Waals surface area contributed by atoms with Gasteiger partial charge in [0.25, 0.3) is 5.91 Å². The number of benzene rings is 1. The lowest BCUT2D eigenvalue weighted by atomic mass is 9.80. The third-order valence-corrected chi connectivity index (χ3v) is 8.07. The van der Waals surface area contributed by atoms with Gasteiger partial charge >= 0.3 is 0 Å². The number of fused-ring (bicyclic) bond motifs is 1. The van der Waals surface area contributed by atoms with Crippen LogP contribution in [0.2, 0.25) is 0 Å². The Morgan fingerprint density at radius 2 is 1.97 bits per heavy atom. The van der Waals surface area contributed by atoms with Crippen molar-refractivity contribution in [3.8, 4) is 16.5 Å². The number of halogens is 1. The molecule has 2 unspecified atom stereocenters. The second-order valence-electron chi connectivity index (χ2n) is 9.56. The van der Waals surface area contributed by atoms with Crippen molar-refractivity contribution in [2.75, 3.05) is 18.9 Å². The summed E-state index contributed by atoms with van der Waals surface area (Å²) in [5.74, 6) is 0.246. The number of rotatable bonds is 9. The smallest absolute Gasteiger partial charge is 0.254 e. The Hall–Kier alpha value is -4.25. The molecule has 4 aromatic heterocycles. The van der Waals surface area contributed by atoms with Gasteiger partial charge in [0.1, 0.15) is 17.8 Å². The molecule has 0 radical (unpaired) electrons. The van der Waals surface area contributed by atoms with Gasteiger partial charge in [0, 0.05) is 42.8 Å². The standard InChI is InChI=1S/C28H29FN8OS/c1-16(12-31-24-11-22(33-15-34-24)23-14-39-28(36-23)37-10-6-9-35-37)17(2)18(3)19-7-5-8-20-25(27(38)30-4)21(29)13-32-26(19)20/h5-11,13-18H,12H2,1-4H3,(H,30,38)(H,31,33,34)/t16?,17-,18?/m1/s1. The zero-order valence-electron chi connectivity index (χ0n) is 22.1. The first kappa shape index (κ1) is 26.4. The highest BCUT2D eigenvalue weighted by Crippen LogP contribution is 2.35. The van der Waals surface area contributed by atoms with Crippen LogP contribution in [0.5, 0.6) is 0 Å². The number of hydrogen-bond acceptors (Lipinski definition) is 8. The molecule has 1 amide bonds. The van der Waals surface area contributed by atoms with Crippen LogP contribution in [0.4, 0.5) is 10.2 Å². The van der Waals surface area contributed by atoms with Crippen LogP contribution in [-0.4, -0.2) is 49.2 Å². The average molecular weight is 545 g/mol. The van der Waals surface area contributed by atoms with E-state index >= 15 is 0 Å². The number of amides is 1. The molecule has 1 aromatic carbocycles. The van der Waals surface area contributed by atoms with E-state index in [-0.39, 0.29) is 23.3 Å². The van der Waals surface area contributed by atoms with Gasteiger partial charge in [-0.2, -0.15) is 5.10 Å². The number of carbonyl (C=O) groups excluding carboxylic acids is 1. The quantitative estimate of drug-likeness (QED) is 0.258. The minimum Gasteiger partial charge on any atom is -0.370 e. The first-order valence-electron chi connectivity index (χ1n) is 12.7. The second-order valence-corrected chi connectivity index (χ2v) is 10.4. The molecule has 3 atom stereocenters. The molecule has 5 aromatic rings. The van der Waals surface area contributed by atoms with E-state index in [0.717, 1.165) is 34.1 Å². The highest BCUT2D eigenvalue weighted by Gasteiger charge is 2.25. The first-order chi connectivity index (χ1) is 18.9. The van der Waals surface area contributed by atoms with E-state index in [2.05, 4.69) is 56.4 Å². The van der Waals surface area contributed by atoms with Gasteiger partial charge in [0.15, 0.2) is 5.82 Å². The lowest BCUT2D eigenvalue weighted by molar-refractivity contribution is 0.0960. The van der Waals surface area contributed by atoms with Crippen LogP contribution >= 0.6 is 11.3 Å². The van der Waals surface area contributed by atoms with Crippen molar-refractivity contribution < 1.29 is 9.18 Å². The molecule has 0 aliphatic rings. The lowest BCUT2D eigenvalue weighted by Crippen LogP contribution is -2.23. The molecule has 5 rings (SSSR count). The summed E-state index contributed by atoms with van der Waals surface area (Å²) in [7, 11) is 1.49. The number of thiazole rings is 1. The molecule has 0 bridgehead atoms. The second kappa shape index (κ2) is 11.2. The molecule has 0 fully saturated rings. The van der Waals surface area contributed by atoms with Gasteiger partial charge in [-0.05, 0) is 29.4 Å². The number of hydrogen-bond donors (Lipinski definition) is 2. The third-order valence-electron chi connectivity index (χ3n) is 7.24. The molecular weight excluding hydrogens is 515 g/mol. The first-order valence-corrected chi connectivity index (χ1v) is 13.6. The van der Waals surface area contributed by atoms with E-state index in [1.807, 2.05) is 35.8 Å². The van der Waals surface area contributed by atoms with Gasteiger partial charge in [0.05, 0.1) is 23.0 Å². The Morgan fingerprint density at radius 1 is 1.13 bits per heavy atom. The molecule has 0 aliphatic heterocycles. The van der Waals surface area contributed by atoms with Crippen molar-refractivity contribution in [3.05, 3.63) is 77.6 Å². The van der Waals surface area contributed by atoms with Crippen LogP contribution in [0.25, 0.3) is 27.4 Å². The summed E-state index contributed by atoms with van der Waals surface area (Å²) in [5.41, 5.74) is 3.16. The molecule has 200 valence electrons. The Morgan fingerprint density at radius 3 is 2.74 bits per heavy atom. The Labute approximate surface area is 229 Å². The maximum absolute atomic E-state index is 14.5. The summed E-state index contributed by atoms with van der Waals surface area (Å²) in [6.07, 6.45) is 6.24. The summed E-state index contributed by atoms with van der Waals surface area (Å²) in [4.78, 5) is 30.2. The maximum Gasteiger partial charge on any atom is 0.254 e. The number of pyridine rings is 1. The van der Waals surface area contributed by atoms with Gasteiger partial charge in [-0.25, -0.2) is 24.0 Å². The van der Waals surface area contributed by atoms with Crippen molar-refractivity contribution in [3.63, 3.8) is 0 Å². The van der Waals surface area contributed by atoms with Gasteiger partial charge in [-0.3, -0.25) is 9.78 Å². The number of aromatic nitrogens is 6. The molecule has 0 aliphatic carbocycles. The normalized spacial score (nSPS) is 13.7. The van der Waals surface area contributed by atoms with E-state index in [0.29, 0.717) is 17.4 Å². The summed E-state index contributed by atoms with van der Waals surface area (Å²) >= 11 is 1.50. The molecule has 11 heteroatoms. The van der Waals surface area contributed by atoms with E-state index in [9.17, 15) is 9.18 Å². The summed E-state index contributed by atoms with van der Waals surface area (Å²) in [5, 5.41) is 13.4. The van der Waals surface area contributed by atoms with Crippen molar-refractivity contribution >= 4 is 34.0 Å². The molecule has 0 spiro atoms. The van der Waals surface area contributed by atoms with Crippen LogP contribution in [0.3, 0.4) is 0 Å². The van der Waals surface area contributed by atoms with Gasteiger partial charge in [-0.1, -0.05) is 39.0 Å².